The number of nitrogens with zero attached hydrogens (tertiary/aromatic N) is 2. The third-order valence-electron chi connectivity index (χ3n) is 6.62. The molecule has 4 rings (SSSR count). The molecular formula is C22H27FN2O4. The molecule has 0 aromatic heterocycles. The van der Waals surface area contributed by atoms with Crippen LogP contribution in [0.25, 0.3) is 0 Å². The number of amides is 3. The van der Waals surface area contributed by atoms with Gasteiger partial charge in [0.25, 0.3) is 0 Å². The van der Waals surface area contributed by atoms with Gasteiger partial charge in [0, 0.05) is 32.0 Å². The summed E-state index contributed by atoms with van der Waals surface area (Å²) in [6, 6.07) is 5.57. The number of carbonyl (C=O) groups is 3. The van der Waals surface area contributed by atoms with Gasteiger partial charge < -0.3 is 10.0 Å². The zero-order valence-corrected chi connectivity index (χ0v) is 16.5. The number of hydrogen-bond acceptors (Lipinski definition) is 4. The summed E-state index contributed by atoms with van der Waals surface area (Å²) in [5.41, 5.74) is -0.997. The fraction of sp³-hybridized carbons (Fsp3) is 0.591. The molecule has 1 aliphatic carbocycles. The van der Waals surface area contributed by atoms with E-state index < -0.39 is 17.3 Å². The molecule has 156 valence electrons. The normalized spacial score (nSPS) is 28.4. The molecule has 0 unspecified atom stereocenters. The van der Waals surface area contributed by atoms with Crippen LogP contribution in [0.1, 0.15) is 56.9 Å². The summed E-state index contributed by atoms with van der Waals surface area (Å²) in [5, 5.41) is 9.91. The van der Waals surface area contributed by atoms with Gasteiger partial charge in [-0.05, 0) is 43.4 Å². The van der Waals surface area contributed by atoms with E-state index in [2.05, 4.69) is 0 Å². The van der Waals surface area contributed by atoms with Crippen LogP contribution in [0.5, 0.6) is 0 Å². The second kappa shape index (κ2) is 7.86. The van der Waals surface area contributed by atoms with Crippen molar-refractivity contribution in [1.82, 2.24) is 9.80 Å². The highest BCUT2D eigenvalue weighted by atomic mass is 19.1. The molecule has 29 heavy (non-hydrogen) atoms. The average Bonchev–Trinajstić information content (AvgIpc) is 3.29. The quantitative estimate of drug-likeness (QED) is 0.783. The largest absolute Gasteiger partial charge is 0.391 e. The zero-order chi connectivity index (χ0) is 20.6. The number of rotatable bonds is 4. The van der Waals surface area contributed by atoms with Crippen molar-refractivity contribution < 1.29 is 23.9 Å². The Morgan fingerprint density at radius 3 is 2.62 bits per heavy atom. The van der Waals surface area contributed by atoms with Gasteiger partial charge in [-0.2, -0.15) is 0 Å². The molecule has 3 fully saturated rings. The monoisotopic (exact) mass is 402 g/mol. The Morgan fingerprint density at radius 2 is 1.93 bits per heavy atom. The Morgan fingerprint density at radius 1 is 1.17 bits per heavy atom. The summed E-state index contributed by atoms with van der Waals surface area (Å²) in [6.45, 7) is 0.746. The first-order valence-electron chi connectivity index (χ1n) is 10.5. The second-order valence-electron chi connectivity index (χ2n) is 8.59. The lowest BCUT2D eigenvalue weighted by Gasteiger charge is -2.34. The van der Waals surface area contributed by atoms with Crippen LogP contribution in [0.3, 0.4) is 0 Å². The number of halogens is 1. The van der Waals surface area contributed by atoms with E-state index in [1.807, 2.05) is 0 Å². The molecule has 2 atom stereocenters. The van der Waals surface area contributed by atoms with Crippen molar-refractivity contribution in [2.24, 2.45) is 0 Å². The minimum atomic E-state index is -1.37. The number of benzene rings is 1. The Kier molecular flexibility index (Phi) is 5.42. The maximum atomic E-state index is 14.0. The van der Waals surface area contributed by atoms with Gasteiger partial charge >= 0.3 is 0 Å². The van der Waals surface area contributed by atoms with Crippen LogP contribution in [0.2, 0.25) is 0 Å². The lowest BCUT2D eigenvalue weighted by molar-refractivity contribution is -0.145. The first kappa shape index (κ1) is 20.0. The van der Waals surface area contributed by atoms with E-state index in [9.17, 15) is 23.9 Å². The number of imide groups is 1. The standard InChI is InChI=1S/C22H27FN2O4/c23-16-6-3-5-15(11-16)22(12-19(27)24-10-4-9-18(26)14-24)13-20(28)25(21(22)29)17-7-1-2-8-17/h3,5-6,11,17-18,26H,1-2,4,7-10,12-14H2/t18-,22+/m1/s1. The number of β-amino-alcohol motifs (C(OH)–C–C–N with tert-alkyl or cyclic N) is 1. The van der Waals surface area contributed by atoms with Crippen LogP contribution < -0.4 is 0 Å². The molecule has 0 bridgehead atoms. The highest BCUT2D eigenvalue weighted by molar-refractivity contribution is 6.11. The van der Waals surface area contributed by atoms with Crippen LogP contribution in [0.15, 0.2) is 24.3 Å². The Hall–Kier alpha value is -2.28. The molecule has 2 heterocycles. The van der Waals surface area contributed by atoms with Crippen molar-refractivity contribution in [2.45, 2.75) is 68.9 Å². The van der Waals surface area contributed by atoms with Crippen molar-refractivity contribution >= 4 is 17.7 Å². The van der Waals surface area contributed by atoms with Crippen LogP contribution in [0, 0.1) is 5.82 Å². The summed E-state index contributed by atoms with van der Waals surface area (Å²) in [4.78, 5) is 42.5. The third-order valence-corrected chi connectivity index (χ3v) is 6.62. The first-order chi connectivity index (χ1) is 13.9. The van der Waals surface area contributed by atoms with Crippen molar-refractivity contribution in [3.63, 3.8) is 0 Å². The summed E-state index contributed by atoms with van der Waals surface area (Å²) < 4.78 is 14.0. The van der Waals surface area contributed by atoms with E-state index in [1.165, 1.54) is 23.1 Å². The number of piperidine rings is 1. The van der Waals surface area contributed by atoms with Crippen molar-refractivity contribution in [1.29, 1.82) is 0 Å². The van der Waals surface area contributed by atoms with Gasteiger partial charge in [-0.15, -0.1) is 0 Å². The molecule has 1 N–H and O–H groups in total. The summed E-state index contributed by atoms with van der Waals surface area (Å²) in [7, 11) is 0. The van der Waals surface area contributed by atoms with Crippen LogP contribution in [0.4, 0.5) is 4.39 Å². The Bertz CT molecular complexity index is 823. The third kappa shape index (κ3) is 3.68. The van der Waals surface area contributed by atoms with Gasteiger partial charge in [-0.25, -0.2) is 4.39 Å². The minimum absolute atomic E-state index is 0.117. The van der Waals surface area contributed by atoms with Crippen LogP contribution >= 0.6 is 0 Å². The SMILES string of the molecule is O=C(C[C@@]1(c2cccc(F)c2)CC(=O)N(C2CCCC2)C1=O)N1CCC[C@@H](O)C1. The summed E-state index contributed by atoms with van der Waals surface area (Å²) >= 11 is 0. The topological polar surface area (TPSA) is 77.9 Å². The molecule has 1 aromatic rings. The van der Waals surface area contributed by atoms with Gasteiger partial charge in [0.1, 0.15) is 5.82 Å². The lowest BCUT2D eigenvalue weighted by atomic mass is 9.75. The van der Waals surface area contributed by atoms with E-state index >= 15 is 0 Å². The minimum Gasteiger partial charge on any atom is -0.391 e. The molecular weight excluding hydrogens is 375 g/mol. The van der Waals surface area contributed by atoms with Crippen molar-refractivity contribution in [3.05, 3.63) is 35.6 Å². The highest BCUT2D eigenvalue weighted by Crippen LogP contribution is 2.43. The number of aliphatic hydroxyl groups excluding tert-OH is 1. The first-order valence-corrected chi connectivity index (χ1v) is 10.5. The molecule has 7 heteroatoms. The lowest BCUT2D eigenvalue weighted by Crippen LogP contribution is -2.48. The second-order valence-corrected chi connectivity index (χ2v) is 8.59. The maximum Gasteiger partial charge on any atom is 0.241 e. The molecule has 2 saturated heterocycles. The average molecular weight is 402 g/mol. The van der Waals surface area contributed by atoms with E-state index in [4.69, 9.17) is 0 Å². The summed E-state index contributed by atoms with van der Waals surface area (Å²) in [6.07, 6.45) is 3.97. The van der Waals surface area contributed by atoms with E-state index in [-0.39, 0.29) is 43.1 Å². The molecule has 0 radical (unpaired) electrons. The van der Waals surface area contributed by atoms with E-state index in [0.29, 0.717) is 24.9 Å². The highest BCUT2D eigenvalue weighted by Gasteiger charge is 2.56. The van der Waals surface area contributed by atoms with Gasteiger partial charge in [-0.3, -0.25) is 19.3 Å². The van der Waals surface area contributed by atoms with E-state index in [0.717, 1.165) is 25.7 Å². The molecule has 0 spiro atoms. The number of carbonyl (C=O) groups excluding carboxylic acids is 3. The molecule has 3 amide bonds. The van der Waals surface area contributed by atoms with E-state index in [1.54, 1.807) is 11.0 Å². The fourth-order valence-corrected chi connectivity index (χ4v) is 5.10. The summed E-state index contributed by atoms with van der Waals surface area (Å²) in [5.74, 6) is -1.44. The number of aliphatic hydroxyl groups is 1. The molecule has 6 nitrogen and oxygen atoms in total. The number of likely N-dealkylation sites (tertiary alicyclic amines) is 2. The maximum absolute atomic E-state index is 14.0. The van der Waals surface area contributed by atoms with Gasteiger partial charge in [0.15, 0.2) is 0 Å². The predicted molar refractivity (Wildman–Crippen MR) is 103 cm³/mol. The Labute approximate surface area is 169 Å². The van der Waals surface area contributed by atoms with Crippen LogP contribution in [-0.4, -0.2) is 57.9 Å². The van der Waals surface area contributed by atoms with Gasteiger partial charge in [-0.1, -0.05) is 25.0 Å². The predicted octanol–water partition coefficient (Wildman–Crippen LogP) is 2.14. The zero-order valence-electron chi connectivity index (χ0n) is 16.5. The molecule has 2 aliphatic heterocycles. The molecule has 1 saturated carbocycles. The number of hydrogen-bond donors (Lipinski definition) is 1. The van der Waals surface area contributed by atoms with Gasteiger partial charge in [0.05, 0.1) is 11.5 Å². The fourth-order valence-electron chi connectivity index (χ4n) is 5.10. The van der Waals surface area contributed by atoms with Crippen molar-refractivity contribution in [2.75, 3.05) is 13.1 Å². The molecule has 3 aliphatic rings. The molecule has 1 aromatic carbocycles. The van der Waals surface area contributed by atoms with Crippen LogP contribution in [-0.2, 0) is 19.8 Å². The van der Waals surface area contributed by atoms with Gasteiger partial charge in [0.2, 0.25) is 17.7 Å². The smallest absolute Gasteiger partial charge is 0.241 e. The van der Waals surface area contributed by atoms with Crippen molar-refractivity contribution in [3.8, 4) is 0 Å². The Balaban J connectivity index is 1.68.